The fourth-order valence-corrected chi connectivity index (χ4v) is 2.91. The van der Waals surface area contributed by atoms with Gasteiger partial charge in [-0.2, -0.15) is 5.10 Å². The second-order valence-electron chi connectivity index (χ2n) is 5.85. The molecule has 130 valence electrons. The Morgan fingerprint density at radius 2 is 1.65 bits per heavy atom. The van der Waals surface area contributed by atoms with E-state index in [1.165, 1.54) is 0 Å². The highest BCUT2D eigenvalue weighted by molar-refractivity contribution is 5.93. The van der Waals surface area contributed by atoms with Gasteiger partial charge in [-0.3, -0.25) is 5.10 Å². The van der Waals surface area contributed by atoms with Gasteiger partial charge in [0.25, 0.3) is 0 Å². The van der Waals surface area contributed by atoms with Gasteiger partial charge in [0.1, 0.15) is 17.2 Å². The Bertz CT molecular complexity index is 1070. The fraction of sp³-hybridized carbons (Fsp3) is 0.100. The number of methoxy groups -OCH3 is 2. The van der Waals surface area contributed by atoms with Crippen LogP contribution in [0.25, 0.3) is 33.4 Å². The van der Waals surface area contributed by atoms with E-state index in [4.69, 9.17) is 9.47 Å². The molecule has 0 radical (unpaired) electrons. The van der Waals surface area contributed by atoms with E-state index < -0.39 is 0 Å². The highest BCUT2D eigenvalue weighted by Crippen LogP contribution is 2.34. The Morgan fingerprint density at radius 1 is 0.885 bits per heavy atom. The van der Waals surface area contributed by atoms with Crippen LogP contribution in [-0.2, 0) is 0 Å². The number of aromatic hydroxyl groups is 1. The lowest BCUT2D eigenvalue weighted by molar-refractivity contribution is 0.394. The summed E-state index contributed by atoms with van der Waals surface area (Å²) in [6.45, 7) is 0. The average molecular weight is 347 g/mol. The first-order valence-electron chi connectivity index (χ1n) is 8.05. The van der Waals surface area contributed by atoms with E-state index in [2.05, 4.69) is 15.2 Å². The number of phenolic OH excluding ortho intramolecular Hbond substituents is 1. The lowest BCUT2D eigenvalue weighted by Crippen LogP contribution is -1.89. The van der Waals surface area contributed by atoms with E-state index in [9.17, 15) is 5.11 Å². The minimum Gasteiger partial charge on any atom is -0.508 e. The molecule has 0 atom stereocenters. The zero-order valence-electron chi connectivity index (χ0n) is 14.4. The van der Waals surface area contributed by atoms with Crippen molar-refractivity contribution in [1.29, 1.82) is 0 Å². The van der Waals surface area contributed by atoms with Gasteiger partial charge in [-0.05, 0) is 35.9 Å². The van der Waals surface area contributed by atoms with Crippen molar-refractivity contribution in [2.24, 2.45) is 0 Å². The van der Waals surface area contributed by atoms with Crippen molar-refractivity contribution in [1.82, 2.24) is 15.2 Å². The lowest BCUT2D eigenvalue weighted by atomic mass is 10.0. The first-order valence-corrected chi connectivity index (χ1v) is 8.05. The van der Waals surface area contributed by atoms with E-state index in [1.807, 2.05) is 30.3 Å². The molecule has 4 aromatic rings. The third-order valence-corrected chi connectivity index (χ3v) is 4.23. The largest absolute Gasteiger partial charge is 0.508 e. The Kier molecular flexibility index (Phi) is 3.93. The van der Waals surface area contributed by atoms with E-state index >= 15 is 0 Å². The number of pyridine rings is 1. The topological polar surface area (TPSA) is 80.3 Å². The van der Waals surface area contributed by atoms with E-state index in [0.29, 0.717) is 17.1 Å². The number of nitrogens with zero attached hydrogens (tertiary/aromatic N) is 2. The number of nitrogens with one attached hydrogen (secondary N) is 1. The summed E-state index contributed by atoms with van der Waals surface area (Å²) in [6.07, 6.45) is 1.74. The van der Waals surface area contributed by atoms with Crippen LogP contribution in [0.2, 0.25) is 0 Å². The SMILES string of the molecule is COc1cc(OC)cc(-c2[nH]nc3ncc(-c4cccc(O)c4)cc23)c1. The number of aromatic amines is 1. The van der Waals surface area contributed by atoms with E-state index in [0.717, 1.165) is 27.8 Å². The molecule has 0 saturated heterocycles. The summed E-state index contributed by atoms with van der Waals surface area (Å²) >= 11 is 0. The third-order valence-electron chi connectivity index (χ3n) is 4.23. The van der Waals surface area contributed by atoms with Crippen molar-refractivity contribution in [3.8, 4) is 39.6 Å². The number of benzene rings is 2. The average Bonchev–Trinajstić information content (AvgIpc) is 3.10. The van der Waals surface area contributed by atoms with Crippen LogP contribution in [0, 0.1) is 0 Å². The molecule has 0 amide bonds. The molecule has 0 fully saturated rings. The Morgan fingerprint density at radius 3 is 2.35 bits per heavy atom. The highest BCUT2D eigenvalue weighted by atomic mass is 16.5. The molecule has 2 heterocycles. The van der Waals surface area contributed by atoms with Crippen molar-refractivity contribution in [3.05, 3.63) is 54.7 Å². The van der Waals surface area contributed by atoms with Gasteiger partial charge in [-0.25, -0.2) is 4.98 Å². The number of H-pyrrole nitrogens is 1. The summed E-state index contributed by atoms with van der Waals surface area (Å²) in [7, 11) is 3.23. The van der Waals surface area contributed by atoms with Crippen LogP contribution in [0.5, 0.6) is 17.2 Å². The van der Waals surface area contributed by atoms with Gasteiger partial charge in [-0.15, -0.1) is 0 Å². The number of hydrogen-bond donors (Lipinski definition) is 2. The Labute approximate surface area is 150 Å². The standard InChI is InChI=1S/C20H17N3O3/c1-25-16-7-13(8-17(10-16)26-2)19-18-9-14(11-21-20(18)23-22-19)12-4-3-5-15(24)6-12/h3-11,24H,1-2H3,(H,21,22,23). The van der Waals surface area contributed by atoms with Crippen molar-refractivity contribution < 1.29 is 14.6 Å². The van der Waals surface area contributed by atoms with Gasteiger partial charge in [0.05, 0.1) is 19.9 Å². The van der Waals surface area contributed by atoms with E-state index in [1.54, 1.807) is 38.6 Å². The zero-order valence-corrected chi connectivity index (χ0v) is 14.4. The molecule has 2 aromatic carbocycles. The molecule has 4 rings (SSSR count). The summed E-state index contributed by atoms with van der Waals surface area (Å²) in [5, 5.41) is 17.9. The maximum atomic E-state index is 9.73. The summed E-state index contributed by atoms with van der Waals surface area (Å²) in [4.78, 5) is 4.43. The monoisotopic (exact) mass is 347 g/mol. The molecule has 0 unspecified atom stereocenters. The first-order chi connectivity index (χ1) is 12.7. The molecule has 2 N–H and O–H groups in total. The molecule has 0 spiro atoms. The van der Waals surface area contributed by atoms with Gasteiger partial charge in [0, 0.05) is 28.8 Å². The van der Waals surface area contributed by atoms with Gasteiger partial charge in [0.15, 0.2) is 5.65 Å². The van der Waals surface area contributed by atoms with Crippen LogP contribution in [-0.4, -0.2) is 34.5 Å². The van der Waals surface area contributed by atoms with Crippen LogP contribution < -0.4 is 9.47 Å². The minimum absolute atomic E-state index is 0.215. The highest BCUT2D eigenvalue weighted by Gasteiger charge is 2.13. The number of phenols is 1. The smallest absolute Gasteiger partial charge is 0.181 e. The van der Waals surface area contributed by atoms with Crippen LogP contribution in [0.3, 0.4) is 0 Å². The summed E-state index contributed by atoms with van der Waals surface area (Å²) in [5.41, 5.74) is 4.11. The zero-order chi connectivity index (χ0) is 18.1. The second-order valence-corrected chi connectivity index (χ2v) is 5.85. The first kappa shape index (κ1) is 16.0. The number of aromatic nitrogens is 3. The molecule has 0 aliphatic heterocycles. The van der Waals surface area contributed by atoms with Crippen LogP contribution in [0.15, 0.2) is 54.7 Å². The Balaban J connectivity index is 1.88. The van der Waals surface area contributed by atoms with Gasteiger partial charge < -0.3 is 14.6 Å². The molecule has 2 aromatic heterocycles. The number of hydrogen-bond acceptors (Lipinski definition) is 5. The molecular weight excluding hydrogens is 330 g/mol. The predicted molar refractivity (Wildman–Crippen MR) is 99.5 cm³/mol. The van der Waals surface area contributed by atoms with Gasteiger partial charge in [-0.1, -0.05) is 12.1 Å². The molecule has 0 aliphatic carbocycles. The number of rotatable bonds is 4. The second kappa shape index (κ2) is 6.40. The minimum atomic E-state index is 0.215. The maximum Gasteiger partial charge on any atom is 0.181 e. The number of ether oxygens (including phenoxy) is 2. The molecular formula is C20H17N3O3. The quantitative estimate of drug-likeness (QED) is 0.583. The summed E-state index contributed by atoms with van der Waals surface area (Å²) in [6, 6.07) is 14.7. The Hall–Kier alpha value is -3.54. The van der Waals surface area contributed by atoms with Crippen molar-refractivity contribution in [3.63, 3.8) is 0 Å². The molecule has 6 nitrogen and oxygen atoms in total. The van der Waals surface area contributed by atoms with Crippen molar-refractivity contribution >= 4 is 11.0 Å². The summed E-state index contributed by atoms with van der Waals surface area (Å²) < 4.78 is 10.7. The van der Waals surface area contributed by atoms with E-state index in [-0.39, 0.29) is 5.75 Å². The van der Waals surface area contributed by atoms with Gasteiger partial charge in [0.2, 0.25) is 0 Å². The maximum absolute atomic E-state index is 9.73. The molecule has 0 saturated carbocycles. The van der Waals surface area contributed by atoms with Gasteiger partial charge >= 0.3 is 0 Å². The lowest BCUT2D eigenvalue weighted by Gasteiger charge is -2.08. The van der Waals surface area contributed by atoms with Crippen molar-refractivity contribution in [2.45, 2.75) is 0 Å². The normalized spacial score (nSPS) is 10.8. The van der Waals surface area contributed by atoms with Crippen LogP contribution in [0.1, 0.15) is 0 Å². The fourth-order valence-electron chi connectivity index (χ4n) is 2.91. The number of fused-ring (bicyclic) bond motifs is 1. The molecule has 26 heavy (non-hydrogen) atoms. The molecule has 0 bridgehead atoms. The van der Waals surface area contributed by atoms with Crippen LogP contribution >= 0.6 is 0 Å². The predicted octanol–water partition coefficient (Wildman–Crippen LogP) is 4.01. The third kappa shape index (κ3) is 2.82. The molecule has 6 heteroatoms. The summed E-state index contributed by atoms with van der Waals surface area (Å²) in [5.74, 6) is 1.60. The van der Waals surface area contributed by atoms with Crippen molar-refractivity contribution in [2.75, 3.05) is 14.2 Å². The molecule has 0 aliphatic rings. The van der Waals surface area contributed by atoms with Crippen LogP contribution in [0.4, 0.5) is 0 Å².